The Hall–Kier alpha value is -1.42. The first kappa shape index (κ1) is 13.6. The van der Waals surface area contributed by atoms with E-state index in [1.54, 1.807) is 20.3 Å². The molecule has 0 heterocycles. The van der Waals surface area contributed by atoms with E-state index >= 15 is 0 Å². The summed E-state index contributed by atoms with van der Waals surface area (Å²) in [6.07, 6.45) is 0.801. The fourth-order valence-electron chi connectivity index (χ4n) is 1.29. The number of methoxy groups -OCH3 is 2. The number of nitrogen functional groups attached to an aromatic ring is 1. The van der Waals surface area contributed by atoms with Crippen LogP contribution in [0.4, 0.5) is 5.69 Å². The molecule has 0 saturated carbocycles. The lowest BCUT2D eigenvalue weighted by Gasteiger charge is -2.22. The van der Waals surface area contributed by atoms with Crippen molar-refractivity contribution in [2.75, 3.05) is 26.6 Å². The van der Waals surface area contributed by atoms with E-state index in [1.165, 1.54) is 0 Å². The SMILES string of the molecule is COc1ccc(OCCC(C)(C)OC)c(N)c1. The third-order valence-corrected chi connectivity index (χ3v) is 2.73. The Kier molecular flexibility index (Phi) is 4.63. The zero-order valence-corrected chi connectivity index (χ0v) is 10.9. The van der Waals surface area contributed by atoms with Gasteiger partial charge in [0.25, 0.3) is 0 Å². The van der Waals surface area contributed by atoms with E-state index in [-0.39, 0.29) is 5.60 Å². The second-order valence-corrected chi connectivity index (χ2v) is 4.47. The van der Waals surface area contributed by atoms with Crippen molar-refractivity contribution in [2.24, 2.45) is 0 Å². The minimum absolute atomic E-state index is 0.179. The Morgan fingerprint density at radius 3 is 2.47 bits per heavy atom. The number of anilines is 1. The molecular weight excluding hydrogens is 218 g/mol. The number of hydrogen-bond acceptors (Lipinski definition) is 4. The number of rotatable bonds is 6. The van der Waals surface area contributed by atoms with E-state index in [4.69, 9.17) is 19.9 Å². The van der Waals surface area contributed by atoms with Crippen LogP contribution >= 0.6 is 0 Å². The topological polar surface area (TPSA) is 53.7 Å². The van der Waals surface area contributed by atoms with Crippen LogP contribution in [0.3, 0.4) is 0 Å². The van der Waals surface area contributed by atoms with Gasteiger partial charge in [-0.3, -0.25) is 0 Å². The van der Waals surface area contributed by atoms with Gasteiger partial charge in [0.05, 0.1) is 25.0 Å². The van der Waals surface area contributed by atoms with Gasteiger partial charge in [-0.15, -0.1) is 0 Å². The highest BCUT2D eigenvalue weighted by Gasteiger charge is 2.16. The molecule has 17 heavy (non-hydrogen) atoms. The average molecular weight is 239 g/mol. The van der Waals surface area contributed by atoms with Gasteiger partial charge in [-0.25, -0.2) is 0 Å². The Morgan fingerprint density at radius 2 is 1.94 bits per heavy atom. The first-order chi connectivity index (χ1) is 7.98. The minimum atomic E-state index is -0.179. The molecule has 0 radical (unpaired) electrons. The number of hydrogen-bond donors (Lipinski definition) is 1. The lowest BCUT2D eigenvalue weighted by molar-refractivity contribution is 0.00551. The molecule has 1 aromatic carbocycles. The molecule has 4 nitrogen and oxygen atoms in total. The van der Waals surface area contributed by atoms with Crippen LogP contribution in [0, 0.1) is 0 Å². The first-order valence-corrected chi connectivity index (χ1v) is 5.60. The summed E-state index contributed by atoms with van der Waals surface area (Å²) in [6, 6.07) is 5.39. The van der Waals surface area contributed by atoms with Crippen molar-refractivity contribution < 1.29 is 14.2 Å². The van der Waals surface area contributed by atoms with E-state index < -0.39 is 0 Å². The fraction of sp³-hybridized carbons (Fsp3) is 0.538. The predicted octanol–water partition coefficient (Wildman–Crippen LogP) is 2.47. The molecule has 0 fully saturated rings. The van der Waals surface area contributed by atoms with Crippen LogP contribution in [0.25, 0.3) is 0 Å². The number of benzene rings is 1. The van der Waals surface area contributed by atoms with Crippen LogP contribution < -0.4 is 15.2 Å². The maximum atomic E-state index is 5.84. The van der Waals surface area contributed by atoms with Crippen molar-refractivity contribution >= 4 is 5.69 Å². The van der Waals surface area contributed by atoms with Crippen LogP contribution in [0.2, 0.25) is 0 Å². The molecule has 0 bridgehead atoms. The van der Waals surface area contributed by atoms with Crippen molar-refractivity contribution in [3.8, 4) is 11.5 Å². The normalized spacial score (nSPS) is 11.3. The van der Waals surface area contributed by atoms with Crippen molar-refractivity contribution in [2.45, 2.75) is 25.9 Å². The molecule has 2 N–H and O–H groups in total. The summed E-state index contributed by atoms with van der Waals surface area (Å²) in [5.41, 5.74) is 6.25. The van der Waals surface area contributed by atoms with Crippen LogP contribution in [0.5, 0.6) is 11.5 Å². The van der Waals surface area contributed by atoms with Gasteiger partial charge in [0, 0.05) is 19.6 Å². The summed E-state index contributed by atoms with van der Waals surface area (Å²) in [4.78, 5) is 0. The van der Waals surface area contributed by atoms with Gasteiger partial charge < -0.3 is 19.9 Å². The Bertz CT molecular complexity index is 364. The molecule has 0 amide bonds. The molecule has 1 aromatic rings. The summed E-state index contributed by atoms with van der Waals surface area (Å²) < 4.78 is 16.0. The van der Waals surface area contributed by atoms with E-state index in [1.807, 2.05) is 26.0 Å². The standard InChI is InChI=1S/C13H21NO3/c1-13(2,16-4)7-8-17-12-6-5-10(15-3)9-11(12)14/h5-6,9H,7-8,14H2,1-4H3. The molecule has 0 aliphatic rings. The van der Waals surface area contributed by atoms with Gasteiger partial charge in [0.1, 0.15) is 11.5 Å². The highest BCUT2D eigenvalue weighted by molar-refractivity contribution is 5.56. The maximum Gasteiger partial charge on any atom is 0.142 e. The van der Waals surface area contributed by atoms with E-state index in [2.05, 4.69) is 0 Å². The molecule has 0 saturated heterocycles. The zero-order chi connectivity index (χ0) is 12.9. The van der Waals surface area contributed by atoms with Crippen LogP contribution in [-0.2, 0) is 4.74 Å². The zero-order valence-electron chi connectivity index (χ0n) is 10.9. The summed E-state index contributed by atoms with van der Waals surface area (Å²) in [6.45, 7) is 4.61. The summed E-state index contributed by atoms with van der Waals surface area (Å²) >= 11 is 0. The average Bonchev–Trinajstić information content (AvgIpc) is 2.31. The molecular formula is C13H21NO3. The molecule has 0 aromatic heterocycles. The lowest BCUT2D eigenvalue weighted by Crippen LogP contribution is -2.25. The van der Waals surface area contributed by atoms with Gasteiger partial charge in [0.15, 0.2) is 0 Å². The molecule has 1 rings (SSSR count). The smallest absolute Gasteiger partial charge is 0.142 e. The fourth-order valence-corrected chi connectivity index (χ4v) is 1.29. The van der Waals surface area contributed by atoms with Gasteiger partial charge in [-0.2, -0.15) is 0 Å². The first-order valence-electron chi connectivity index (χ1n) is 5.60. The van der Waals surface area contributed by atoms with Crippen molar-refractivity contribution in [3.05, 3.63) is 18.2 Å². The second-order valence-electron chi connectivity index (χ2n) is 4.47. The van der Waals surface area contributed by atoms with Crippen LogP contribution in [-0.4, -0.2) is 26.4 Å². The van der Waals surface area contributed by atoms with E-state index in [9.17, 15) is 0 Å². The molecule has 0 aliphatic carbocycles. The van der Waals surface area contributed by atoms with Crippen LogP contribution in [0.15, 0.2) is 18.2 Å². The second kappa shape index (κ2) is 5.77. The van der Waals surface area contributed by atoms with E-state index in [0.29, 0.717) is 18.0 Å². The van der Waals surface area contributed by atoms with Crippen molar-refractivity contribution in [1.82, 2.24) is 0 Å². The van der Waals surface area contributed by atoms with Gasteiger partial charge >= 0.3 is 0 Å². The molecule has 0 unspecified atom stereocenters. The molecule has 0 aliphatic heterocycles. The van der Waals surface area contributed by atoms with Crippen molar-refractivity contribution in [3.63, 3.8) is 0 Å². The Morgan fingerprint density at radius 1 is 1.24 bits per heavy atom. The third-order valence-electron chi connectivity index (χ3n) is 2.73. The summed E-state index contributed by atoms with van der Waals surface area (Å²) in [5.74, 6) is 1.41. The van der Waals surface area contributed by atoms with Crippen LogP contribution in [0.1, 0.15) is 20.3 Å². The Labute approximate surface area is 103 Å². The minimum Gasteiger partial charge on any atom is -0.497 e. The quantitative estimate of drug-likeness (QED) is 0.775. The number of ether oxygens (including phenoxy) is 3. The molecule has 0 atom stereocenters. The molecule has 4 heteroatoms. The maximum absolute atomic E-state index is 5.84. The van der Waals surface area contributed by atoms with Gasteiger partial charge in [-0.1, -0.05) is 0 Å². The number of nitrogens with two attached hydrogens (primary N) is 1. The summed E-state index contributed by atoms with van der Waals surface area (Å²) in [5, 5.41) is 0. The van der Waals surface area contributed by atoms with Gasteiger partial charge in [0.2, 0.25) is 0 Å². The Balaban J connectivity index is 2.52. The predicted molar refractivity (Wildman–Crippen MR) is 68.6 cm³/mol. The lowest BCUT2D eigenvalue weighted by atomic mass is 10.1. The highest BCUT2D eigenvalue weighted by atomic mass is 16.5. The largest absolute Gasteiger partial charge is 0.497 e. The third kappa shape index (κ3) is 4.15. The van der Waals surface area contributed by atoms with Gasteiger partial charge in [-0.05, 0) is 26.0 Å². The van der Waals surface area contributed by atoms with E-state index in [0.717, 1.165) is 12.2 Å². The monoisotopic (exact) mass is 239 g/mol. The molecule has 0 spiro atoms. The summed E-state index contributed by atoms with van der Waals surface area (Å²) in [7, 11) is 3.30. The van der Waals surface area contributed by atoms with Crippen molar-refractivity contribution in [1.29, 1.82) is 0 Å². The highest BCUT2D eigenvalue weighted by Crippen LogP contribution is 2.26. The molecule has 96 valence electrons.